The first-order valence-electron chi connectivity index (χ1n) is 9.93. The van der Waals surface area contributed by atoms with E-state index in [4.69, 9.17) is 9.47 Å². The van der Waals surface area contributed by atoms with Crippen LogP contribution in [0.2, 0.25) is 0 Å². The lowest BCUT2D eigenvalue weighted by atomic mass is 10.1. The molecule has 3 rings (SSSR count). The number of hydrogen-bond donors (Lipinski definition) is 1. The van der Waals surface area contributed by atoms with Crippen LogP contribution in [0.25, 0.3) is 10.9 Å². The van der Waals surface area contributed by atoms with E-state index in [1.165, 1.54) is 0 Å². The van der Waals surface area contributed by atoms with Gasteiger partial charge in [0.2, 0.25) is 0 Å². The molecule has 1 N–H and O–H groups in total. The van der Waals surface area contributed by atoms with Gasteiger partial charge in [0.15, 0.2) is 0 Å². The molecule has 0 aliphatic heterocycles. The second-order valence-electron chi connectivity index (χ2n) is 8.25. The van der Waals surface area contributed by atoms with Crippen LogP contribution in [0.1, 0.15) is 31.9 Å². The third kappa shape index (κ3) is 5.95. The predicted octanol–water partition coefficient (Wildman–Crippen LogP) is 5.82. The summed E-state index contributed by atoms with van der Waals surface area (Å²) < 4.78 is 12.4. The molecule has 2 aromatic carbocycles. The van der Waals surface area contributed by atoms with Gasteiger partial charge < -0.3 is 14.8 Å². The Hall–Kier alpha value is -2.60. The van der Waals surface area contributed by atoms with E-state index in [1.807, 2.05) is 76.2 Å². The van der Waals surface area contributed by atoms with Crippen LogP contribution >= 0.6 is 15.9 Å². The van der Waals surface area contributed by atoms with Crippen molar-refractivity contribution in [2.24, 2.45) is 0 Å². The normalized spacial score (nSPS) is 12.4. The van der Waals surface area contributed by atoms with Gasteiger partial charge in [-0.1, -0.05) is 30.3 Å². The molecule has 0 unspecified atom stereocenters. The van der Waals surface area contributed by atoms with Gasteiger partial charge in [0.05, 0.1) is 16.0 Å². The van der Waals surface area contributed by atoms with E-state index >= 15 is 0 Å². The largest absolute Gasteiger partial charge is 0.490 e. The number of ether oxygens (including phenoxy) is 2. The van der Waals surface area contributed by atoms with Crippen molar-refractivity contribution in [1.82, 2.24) is 10.3 Å². The van der Waals surface area contributed by atoms with Crippen LogP contribution in [0.3, 0.4) is 0 Å². The Bertz CT molecular complexity index is 1020. The molecule has 0 aliphatic rings. The molecule has 0 saturated carbocycles. The smallest absolute Gasteiger partial charge is 0.408 e. The van der Waals surface area contributed by atoms with E-state index in [0.717, 1.165) is 32.3 Å². The van der Waals surface area contributed by atoms with E-state index < -0.39 is 11.7 Å². The number of carbonyl (C=O) groups excluding carboxylic acids is 1. The molecule has 0 saturated heterocycles. The lowest BCUT2D eigenvalue weighted by Crippen LogP contribution is -2.43. The van der Waals surface area contributed by atoms with Gasteiger partial charge in [0.25, 0.3) is 0 Å². The highest BCUT2D eigenvalue weighted by Gasteiger charge is 2.21. The number of benzene rings is 2. The van der Waals surface area contributed by atoms with Crippen molar-refractivity contribution in [1.29, 1.82) is 0 Å². The number of rotatable bonds is 6. The van der Waals surface area contributed by atoms with Crippen LogP contribution in [-0.2, 0) is 11.2 Å². The van der Waals surface area contributed by atoms with E-state index in [2.05, 4.69) is 26.2 Å². The SMILES string of the molecule is Cc1cc(OC[C@@H](Cc2ccccc2)NC(=O)OC(C)(C)C)c(Br)c2cccnc12. The highest BCUT2D eigenvalue weighted by Crippen LogP contribution is 2.34. The molecule has 158 valence electrons. The summed E-state index contributed by atoms with van der Waals surface area (Å²) in [7, 11) is 0. The standard InChI is InChI=1S/C24H27BrN2O3/c1-16-13-20(21(25)19-11-8-12-26-22(16)19)29-15-18(14-17-9-6-5-7-10-17)27-23(28)30-24(2,3)4/h5-13,18H,14-15H2,1-4H3,(H,27,28)/t18-/m1/s1. The summed E-state index contributed by atoms with van der Waals surface area (Å²) in [6.07, 6.45) is 1.96. The molecule has 1 heterocycles. The average Bonchev–Trinajstić information content (AvgIpc) is 2.69. The average molecular weight is 471 g/mol. The van der Waals surface area contributed by atoms with Crippen LogP contribution in [0.15, 0.2) is 59.2 Å². The van der Waals surface area contributed by atoms with Crippen molar-refractivity contribution in [3.63, 3.8) is 0 Å². The van der Waals surface area contributed by atoms with Gasteiger partial charge in [-0.2, -0.15) is 0 Å². The summed E-state index contributed by atoms with van der Waals surface area (Å²) in [6, 6.07) is 15.6. The maximum absolute atomic E-state index is 12.4. The summed E-state index contributed by atoms with van der Waals surface area (Å²) in [5.41, 5.74) is 2.52. The molecular weight excluding hydrogens is 444 g/mol. The number of aromatic nitrogens is 1. The summed E-state index contributed by atoms with van der Waals surface area (Å²) in [6.45, 7) is 7.85. The maximum atomic E-state index is 12.4. The van der Waals surface area contributed by atoms with Crippen LogP contribution in [0.4, 0.5) is 4.79 Å². The van der Waals surface area contributed by atoms with E-state index in [0.29, 0.717) is 13.0 Å². The van der Waals surface area contributed by atoms with Gasteiger partial charge in [0, 0.05) is 11.6 Å². The zero-order chi connectivity index (χ0) is 21.7. The van der Waals surface area contributed by atoms with Crippen molar-refractivity contribution in [2.75, 3.05) is 6.61 Å². The van der Waals surface area contributed by atoms with Crippen molar-refractivity contribution in [2.45, 2.75) is 45.8 Å². The highest BCUT2D eigenvalue weighted by atomic mass is 79.9. The van der Waals surface area contributed by atoms with Gasteiger partial charge in [-0.3, -0.25) is 4.98 Å². The molecule has 0 fully saturated rings. The topological polar surface area (TPSA) is 60.5 Å². The number of alkyl carbamates (subject to hydrolysis) is 1. The Morgan fingerprint density at radius 2 is 1.90 bits per heavy atom. The van der Waals surface area contributed by atoms with Crippen molar-refractivity contribution in [3.05, 3.63) is 70.3 Å². The van der Waals surface area contributed by atoms with Crippen LogP contribution in [0, 0.1) is 6.92 Å². The molecule has 30 heavy (non-hydrogen) atoms. The second-order valence-corrected chi connectivity index (χ2v) is 9.04. The van der Waals surface area contributed by atoms with Crippen molar-refractivity contribution in [3.8, 4) is 5.75 Å². The summed E-state index contributed by atoms with van der Waals surface area (Å²) in [5.74, 6) is 0.719. The number of carbonyl (C=O) groups is 1. The zero-order valence-corrected chi connectivity index (χ0v) is 19.3. The van der Waals surface area contributed by atoms with E-state index in [9.17, 15) is 4.79 Å². The van der Waals surface area contributed by atoms with Crippen LogP contribution in [-0.4, -0.2) is 29.3 Å². The number of hydrogen-bond acceptors (Lipinski definition) is 4. The number of nitrogens with one attached hydrogen (secondary N) is 1. The minimum atomic E-state index is -0.562. The predicted molar refractivity (Wildman–Crippen MR) is 123 cm³/mol. The Labute approximate surface area is 185 Å². The molecule has 1 atom stereocenters. The van der Waals surface area contributed by atoms with Gasteiger partial charge >= 0.3 is 6.09 Å². The van der Waals surface area contributed by atoms with Gasteiger partial charge in [0.1, 0.15) is 18.0 Å². The lowest BCUT2D eigenvalue weighted by Gasteiger charge is -2.24. The van der Waals surface area contributed by atoms with Crippen LogP contribution in [0.5, 0.6) is 5.75 Å². The molecule has 5 nitrogen and oxygen atoms in total. The zero-order valence-electron chi connectivity index (χ0n) is 17.7. The fourth-order valence-electron chi connectivity index (χ4n) is 3.18. The van der Waals surface area contributed by atoms with E-state index in [-0.39, 0.29) is 6.04 Å². The minimum Gasteiger partial charge on any atom is -0.490 e. The first kappa shape index (κ1) is 22.1. The number of amides is 1. The molecule has 1 amide bonds. The maximum Gasteiger partial charge on any atom is 0.408 e. The molecule has 0 bridgehead atoms. The number of aryl methyl sites for hydroxylation is 1. The third-order valence-corrected chi connectivity index (χ3v) is 5.29. The molecule has 3 aromatic rings. The fourth-order valence-corrected chi connectivity index (χ4v) is 3.73. The number of nitrogens with zero attached hydrogens (tertiary/aromatic N) is 1. The quantitative estimate of drug-likeness (QED) is 0.492. The Morgan fingerprint density at radius 3 is 2.60 bits per heavy atom. The Kier molecular flexibility index (Phi) is 6.98. The van der Waals surface area contributed by atoms with Gasteiger partial charge in [-0.15, -0.1) is 0 Å². The monoisotopic (exact) mass is 470 g/mol. The third-order valence-electron chi connectivity index (χ3n) is 4.47. The Morgan fingerprint density at radius 1 is 1.17 bits per heavy atom. The number of halogens is 1. The molecular formula is C24H27BrN2O3. The van der Waals surface area contributed by atoms with Gasteiger partial charge in [-0.25, -0.2) is 4.79 Å². The first-order valence-corrected chi connectivity index (χ1v) is 10.7. The molecule has 0 aliphatic carbocycles. The number of pyridine rings is 1. The van der Waals surface area contributed by atoms with Crippen molar-refractivity contribution >= 4 is 32.9 Å². The van der Waals surface area contributed by atoms with Crippen LogP contribution < -0.4 is 10.1 Å². The van der Waals surface area contributed by atoms with E-state index in [1.54, 1.807) is 6.20 Å². The molecule has 1 aromatic heterocycles. The summed E-state index contributed by atoms with van der Waals surface area (Å²) >= 11 is 3.65. The highest BCUT2D eigenvalue weighted by molar-refractivity contribution is 9.10. The first-order chi connectivity index (χ1) is 14.2. The second kappa shape index (κ2) is 9.47. The summed E-state index contributed by atoms with van der Waals surface area (Å²) in [5, 5.41) is 3.94. The molecule has 6 heteroatoms. The van der Waals surface area contributed by atoms with Gasteiger partial charge in [-0.05, 0) is 79.4 Å². The lowest BCUT2D eigenvalue weighted by molar-refractivity contribution is 0.0487. The molecule has 0 spiro atoms. The molecule has 0 radical (unpaired) electrons. The van der Waals surface area contributed by atoms with Crippen molar-refractivity contribution < 1.29 is 14.3 Å². The fraction of sp³-hybridized carbons (Fsp3) is 0.333. The minimum absolute atomic E-state index is 0.251. The number of fused-ring (bicyclic) bond motifs is 1. The Balaban J connectivity index is 1.78. The summed E-state index contributed by atoms with van der Waals surface area (Å²) in [4.78, 5) is 16.8.